The first-order chi connectivity index (χ1) is 6.88. The van der Waals surface area contributed by atoms with E-state index in [1.165, 1.54) is 11.1 Å². The first-order valence-electron chi connectivity index (χ1n) is 5.12. The molecule has 0 fully saturated rings. The molecule has 0 saturated heterocycles. The van der Waals surface area contributed by atoms with Gasteiger partial charge in [0.2, 0.25) is 0 Å². The average Bonchev–Trinajstić information content (AvgIpc) is 2.47. The van der Waals surface area contributed by atoms with E-state index >= 15 is 0 Å². The molecule has 0 radical (unpaired) electrons. The van der Waals surface area contributed by atoms with E-state index in [1.54, 1.807) is 0 Å². The van der Waals surface area contributed by atoms with Crippen molar-refractivity contribution in [1.29, 1.82) is 0 Å². The Balaban J connectivity index is 2.26. The molecule has 0 N–H and O–H groups in total. The molecule has 1 nitrogen and oxygen atoms in total. The minimum absolute atomic E-state index is 0.353. The fourth-order valence-corrected chi connectivity index (χ4v) is 1.84. The van der Waals surface area contributed by atoms with E-state index in [0.29, 0.717) is 6.04 Å². The Morgan fingerprint density at radius 1 is 1.29 bits per heavy atom. The Morgan fingerprint density at radius 2 is 2.14 bits per heavy atom. The van der Waals surface area contributed by atoms with Crippen molar-refractivity contribution >= 4 is 6.21 Å². The summed E-state index contributed by atoms with van der Waals surface area (Å²) in [5.41, 5.74) is 2.71. The second-order valence-electron chi connectivity index (χ2n) is 3.68. The number of hydrogen-bond donors (Lipinski definition) is 0. The van der Waals surface area contributed by atoms with Crippen LogP contribution >= 0.6 is 0 Å². The molecule has 2 rings (SSSR count). The zero-order valence-corrected chi connectivity index (χ0v) is 8.48. The fraction of sp³-hybridized carbons (Fsp3) is 0.308. The van der Waals surface area contributed by atoms with Crippen molar-refractivity contribution in [2.24, 2.45) is 4.99 Å². The van der Waals surface area contributed by atoms with Gasteiger partial charge in [-0.25, -0.2) is 0 Å². The van der Waals surface area contributed by atoms with Gasteiger partial charge in [-0.05, 0) is 37.0 Å². The van der Waals surface area contributed by atoms with Crippen molar-refractivity contribution < 1.29 is 0 Å². The summed E-state index contributed by atoms with van der Waals surface area (Å²) in [4.78, 5) is 4.54. The summed E-state index contributed by atoms with van der Waals surface area (Å²) in [5.74, 6) is 0. The first kappa shape index (κ1) is 9.20. The first-order valence-corrected chi connectivity index (χ1v) is 5.12. The summed E-state index contributed by atoms with van der Waals surface area (Å²) >= 11 is 0. The molecule has 0 bridgehead atoms. The third kappa shape index (κ3) is 1.92. The van der Waals surface area contributed by atoms with Crippen LogP contribution in [-0.2, 0) is 0 Å². The summed E-state index contributed by atoms with van der Waals surface area (Å²) < 4.78 is 0. The SMILES string of the molecule is Cc1ccccc1C1CCC=CC=N1. The van der Waals surface area contributed by atoms with Crippen molar-refractivity contribution in [3.05, 3.63) is 47.5 Å². The van der Waals surface area contributed by atoms with Gasteiger partial charge in [0.15, 0.2) is 0 Å². The fourth-order valence-electron chi connectivity index (χ4n) is 1.84. The average molecular weight is 185 g/mol. The molecule has 1 heteroatoms. The number of aliphatic imine (C=N–C) groups is 1. The third-order valence-corrected chi connectivity index (χ3v) is 2.64. The zero-order chi connectivity index (χ0) is 9.80. The Hall–Kier alpha value is -1.37. The zero-order valence-electron chi connectivity index (χ0n) is 8.48. The van der Waals surface area contributed by atoms with Crippen LogP contribution in [-0.4, -0.2) is 6.21 Å². The monoisotopic (exact) mass is 185 g/mol. The smallest absolute Gasteiger partial charge is 0.0754 e. The molecule has 1 unspecified atom stereocenters. The van der Waals surface area contributed by atoms with E-state index in [-0.39, 0.29) is 0 Å². The van der Waals surface area contributed by atoms with Crippen LogP contribution in [0.2, 0.25) is 0 Å². The molecular formula is C13H15N. The van der Waals surface area contributed by atoms with Crippen LogP contribution in [0, 0.1) is 6.92 Å². The third-order valence-electron chi connectivity index (χ3n) is 2.64. The largest absolute Gasteiger partial charge is 0.285 e. The number of nitrogens with zero attached hydrogens (tertiary/aromatic N) is 1. The number of hydrogen-bond acceptors (Lipinski definition) is 1. The standard InChI is InChI=1S/C13H15N/c1-11-7-4-5-8-12(11)13-9-3-2-6-10-14-13/h2,4-8,10,13H,3,9H2,1H3. The summed E-state index contributed by atoms with van der Waals surface area (Å²) in [6.45, 7) is 2.16. The molecule has 1 aromatic rings. The number of allylic oxidation sites excluding steroid dienone is 2. The molecule has 1 aliphatic rings. The second kappa shape index (κ2) is 4.23. The van der Waals surface area contributed by atoms with Crippen molar-refractivity contribution in [2.45, 2.75) is 25.8 Å². The van der Waals surface area contributed by atoms with E-state index < -0.39 is 0 Å². The van der Waals surface area contributed by atoms with E-state index in [1.807, 2.05) is 12.3 Å². The maximum atomic E-state index is 4.54. The predicted octanol–water partition coefficient (Wildman–Crippen LogP) is 3.46. The molecule has 0 saturated carbocycles. The Morgan fingerprint density at radius 3 is 3.00 bits per heavy atom. The Labute approximate surface area is 85.2 Å². The molecule has 0 amide bonds. The highest BCUT2D eigenvalue weighted by atomic mass is 14.8. The predicted molar refractivity (Wildman–Crippen MR) is 60.8 cm³/mol. The van der Waals surface area contributed by atoms with Crippen LogP contribution in [0.5, 0.6) is 0 Å². The van der Waals surface area contributed by atoms with Crippen molar-refractivity contribution in [1.82, 2.24) is 0 Å². The highest BCUT2D eigenvalue weighted by Gasteiger charge is 2.11. The summed E-state index contributed by atoms with van der Waals surface area (Å²) in [6, 6.07) is 8.87. The lowest BCUT2D eigenvalue weighted by atomic mass is 9.98. The van der Waals surface area contributed by atoms with Crippen LogP contribution in [0.1, 0.15) is 30.0 Å². The quantitative estimate of drug-likeness (QED) is 0.635. The minimum atomic E-state index is 0.353. The van der Waals surface area contributed by atoms with Gasteiger partial charge in [-0.2, -0.15) is 0 Å². The molecular weight excluding hydrogens is 170 g/mol. The van der Waals surface area contributed by atoms with Crippen molar-refractivity contribution in [3.8, 4) is 0 Å². The summed E-state index contributed by atoms with van der Waals surface area (Å²) in [5, 5.41) is 0. The lowest BCUT2D eigenvalue weighted by Gasteiger charge is -2.13. The lowest BCUT2D eigenvalue weighted by Crippen LogP contribution is -1.97. The number of aryl methyl sites for hydroxylation is 1. The normalized spacial score (nSPS) is 20.8. The van der Waals surface area contributed by atoms with Gasteiger partial charge in [0.1, 0.15) is 0 Å². The van der Waals surface area contributed by atoms with Crippen LogP contribution in [0.4, 0.5) is 0 Å². The van der Waals surface area contributed by atoms with Crippen LogP contribution in [0.25, 0.3) is 0 Å². The molecule has 1 heterocycles. The lowest BCUT2D eigenvalue weighted by molar-refractivity contribution is 0.667. The van der Waals surface area contributed by atoms with Gasteiger partial charge < -0.3 is 0 Å². The van der Waals surface area contributed by atoms with Crippen LogP contribution < -0.4 is 0 Å². The molecule has 0 aliphatic carbocycles. The molecule has 1 aliphatic heterocycles. The van der Waals surface area contributed by atoms with Gasteiger partial charge in [-0.3, -0.25) is 4.99 Å². The molecule has 1 atom stereocenters. The minimum Gasteiger partial charge on any atom is -0.285 e. The molecule has 0 spiro atoms. The van der Waals surface area contributed by atoms with Gasteiger partial charge in [0, 0.05) is 6.21 Å². The van der Waals surface area contributed by atoms with E-state index in [9.17, 15) is 0 Å². The highest BCUT2D eigenvalue weighted by Crippen LogP contribution is 2.26. The number of rotatable bonds is 1. The second-order valence-corrected chi connectivity index (χ2v) is 3.68. The molecule has 0 aromatic heterocycles. The summed E-state index contributed by atoms with van der Waals surface area (Å²) in [6.07, 6.45) is 8.39. The van der Waals surface area contributed by atoms with Gasteiger partial charge >= 0.3 is 0 Å². The topological polar surface area (TPSA) is 12.4 Å². The van der Waals surface area contributed by atoms with E-state index in [2.05, 4.69) is 42.3 Å². The molecule has 1 aromatic carbocycles. The van der Waals surface area contributed by atoms with Gasteiger partial charge in [0.05, 0.1) is 6.04 Å². The maximum Gasteiger partial charge on any atom is 0.0754 e. The Kier molecular flexibility index (Phi) is 2.78. The maximum absolute atomic E-state index is 4.54. The summed E-state index contributed by atoms with van der Waals surface area (Å²) in [7, 11) is 0. The van der Waals surface area contributed by atoms with E-state index in [0.717, 1.165) is 12.8 Å². The van der Waals surface area contributed by atoms with Crippen LogP contribution in [0.3, 0.4) is 0 Å². The van der Waals surface area contributed by atoms with E-state index in [4.69, 9.17) is 0 Å². The van der Waals surface area contributed by atoms with Gasteiger partial charge in [-0.1, -0.05) is 30.3 Å². The molecule has 14 heavy (non-hydrogen) atoms. The highest BCUT2D eigenvalue weighted by molar-refractivity contribution is 5.71. The van der Waals surface area contributed by atoms with Crippen LogP contribution in [0.15, 0.2) is 41.4 Å². The van der Waals surface area contributed by atoms with Crippen molar-refractivity contribution in [2.75, 3.05) is 0 Å². The van der Waals surface area contributed by atoms with Crippen molar-refractivity contribution in [3.63, 3.8) is 0 Å². The molecule has 72 valence electrons. The Bertz CT molecular complexity index is 363. The number of benzene rings is 1. The van der Waals surface area contributed by atoms with Gasteiger partial charge in [-0.15, -0.1) is 0 Å². The van der Waals surface area contributed by atoms with Gasteiger partial charge in [0.25, 0.3) is 0 Å².